The van der Waals surface area contributed by atoms with E-state index < -0.39 is 0 Å². The molecule has 0 heterocycles. The van der Waals surface area contributed by atoms with Crippen LogP contribution in [0.15, 0.2) is 52.9 Å². The molecule has 1 amide bonds. The number of likely N-dealkylation sites (N-methyl/N-ethyl adjacent to an activating group) is 1. The lowest BCUT2D eigenvalue weighted by Gasteiger charge is -2.11. The minimum atomic E-state index is -0.285. The minimum Gasteiger partial charge on any atom is -0.355 e. The predicted octanol–water partition coefficient (Wildman–Crippen LogP) is 4.94. The maximum Gasteiger partial charge on any atom is 0.224 e. The molecular weight excluding hydrogens is 383 g/mol. The van der Waals surface area contributed by atoms with Crippen molar-refractivity contribution in [1.29, 1.82) is 0 Å². The van der Waals surface area contributed by atoms with Gasteiger partial charge in [0, 0.05) is 18.0 Å². The van der Waals surface area contributed by atoms with Crippen molar-refractivity contribution in [3.63, 3.8) is 0 Å². The van der Waals surface area contributed by atoms with Crippen LogP contribution in [0.3, 0.4) is 0 Å². The number of nitrogens with one attached hydrogen (secondary N) is 1. The minimum absolute atomic E-state index is 0.0398. The van der Waals surface area contributed by atoms with Crippen molar-refractivity contribution in [3.8, 4) is 0 Å². The lowest BCUT2D eigenvalue weighted by molar-refractivity contribution is -0.120. The van der Waals surface area contributed by atoms with Gasteiger partial charge >= 0.3 is 0 Å². The van der Waals surface area contributed by atoms with Gasteiger partial charge in [-0.15, -0.1) is 11.8 Å². The average molecular weight is 411 g/mol. The molecule has 152 valence electrons. The van der Waals surface area contributed by atoms with Gasteiger partial charge in [-0.05, 0) is 91.0 Å². The molecule has 5 heteroatoms. The molecule has 1 aliphatic carbocycles. The quantitative estimate of drug-likeness (QED) is 0.656. The van der Waals surface area contributed by atoms with E-state index >= 15 is 0 Å². The number of hydrogen-bond acceptors (Lipinski definition) is 3. The third-order valence-electron chi connectivity index (χ3n) is 5.10. The highest BCUT2D eigenvalue weighted by Crippen LogP contribution is 2.43. The molecule has 0 saturated heterocycles. The average Bonchev–Trinajstić information content (AvgIpc) is 2.93. The van der Waals surface area contributed by atoms with Gasteiger partial charge in [-0.25, -0.2) is 4.39 Å². The number of thioether (sulfide) groups is 1. The summed E-state index contributed by atoms with van der Waals surface area (Å²) in [4.78, 5) is 15.7. The molecule has 2 aromatic carbocycles. The number of hydrogen-bond donors (Lipinski definition) is 1. The Kier molecular flexibility index (Phi) is 6.93. The van der Waals surface area contributed by atoms with E-state index in [2.05, 4.69) is 41.9 Å². The summed E-state index contributed by atoms with van der Waals surface area (Å²) < 4.78 is 14.0. The number of halogens is 1. The van der Waals surface area contributed by atoms with E-state index in [1.54, 1.807) is 17.8 Å². The van der Waals surface area contributed by atoms with Crippen molar-refractivity contribution in [3.05, 3.63) is 70.5 Å². The summed E-state index contributed by atoms with van der Waals surface area (Å²) in [5, 5.41) is 2.95. The van der Waals surface area contributed by atoms with Crippen molar-refractivity contribution < 1.29 is 9.18 Å². The van der Waals surface area contributed by atoms with Crippen molar-refractivity contribution in [1.82, 2.24) is 10.2 Å². The van der Waals surface area contributed by atoms with Crippen LogP contribution in [-0.4, -0.2) is 44.2 Å². The fourth-order valence-electron chi connectivity index (χ4n) is 3.49. The molecule has 3 rings (SSSR count). The molecule has 1 N–H and O–H groups in total. The molecular formula is C24H27FN2OS. The third kappa shape index (κ3) is 5.17. The molecule has 0 unspecified atom stereocenters. The smallest absolute Gasteiger partial charge is 0.224 e. The van der Waals surface area contributed by atoms with Gasteiger partial charge in [-0.1, -0.05) is 18.2 Å². The number of fused-ring (bicyclic) bond motifs is 1. The van der Waals surface area contributed by atoms with Crippen LogP contribution in [0.1, 0.15) is 30.0 Å². The first-order valence-corrected chi connectivity index (χ1v) is 10.9. The fourth-order valence-corrected chi connectivity index (χ4v) is 3.90. The first kappa shape index (κ1) is 21.3. The van der Waals surface area contributed by atoms with E-state index in [4.69, 9.17) is 0 Å². The van der Waals surface area contributed by atoms with Crippen LogP contribution < -0.4 is 5.32 Å². The molecule has 0 bridgehead atoms. The highest BCUT2D eigenvalue weighted by Gasteiger charge is 2.25. The lowest BCUT2D eigenvalue weighted by Crippen LogP contribution is -2.31. The molecule has 1 aliphatic rings. The van der Waals surface area contributed by atoms with Gasteiger partial charge in [0.05, 0.1) is 6.42 Å². The highest BCUT2D eigenvalue weighted by atomic mass is 32.2. The SMILES string of the molecule is CSc1ccc(/C=C2\C(C)=C(CC(=O)NCCN(C)C)c3cc(F)ccc32)cc1. The van der Waals surface area contributed by atoms with E-state index in [1.165, 1.54) is 11.0 Å². The molecule has 0 aliphatic heterocycles. The second-order valence-corrected chi connectivity index (χ2v) is 8.33. The van der Waals surface area contributed by atoms with Crippen LogP contribution in [0.25, 0.3) is 17.2 Å². The zero-order chi connectivity index (χ0) is 21.0. The summed E-state index contributed by atoms with van der Waals surface area (Å²) in [5.41, 5.74) is 5.86. The van der Waals surface area contributed by atoms with Crippen LogP contribution >= 0.6 is 11.8 Å². The maximum absolute atomic E-state index is 14.0. The van der Waals surface area contributed by atoms with Crippen LogP contribution in [0, 0.1) is 5.82 Å². The topological polar surface area (TPSA) is 32.3 Å². The van der Waals surface area contributed by atoms with Gasteiger partial charge in [0.1, 0.15) is 5.82 Å². The zero-order valence-electron chi connectivity index (χ0n) is 17.4. The standard InChI is InChI=1S/C24H27FN2OS/c1-16-21(13-17-5-8-19(29-4)9-6-17)20-10-7-18(25)14-23(20)22(16)15-24(28)26-11-12-27(2)3/h5-10,13-14H,11-12,15H2,1-4H3,(H,26,28)/b21-13+. The van der Waals surface area contributed by atoms with Crippen molar-refractivity contribution in [2.45, 2.75) is 18.2 Å². The normalized spacial score (nSPS) is 14.6. The van der Waals surface area contributed by atoms with Crippen molar-refractivity contribution in [2.75, 3.05) is 33.4 Å². The molecule has 29 heavy (non-hydrogen) atoms. The molecule has 0 atom stereocenters. The summed E-state index contributed by atoms with van der Waals surface area (Å²) >= 11 is 1.71. The van der Waals surface area contributed by atoms with Gasteiger partial charge in [0.25, 0.3) is 0 Å². The summed E-state index contributed by atoms with van der Waals surface area (Å²) in [6.07, 6.45) is 4.42. The number of nitrogens with zero attached hydrogens (tertiary/aromatic N) is 1. The van der Waals surface area contributed by atoms with Gasteiger partial charge in [0.2, 0.25) is 5.91 Å². The largest absolute Gasteiger partial charge is 0.355 e. The number of rotatable bonds is 7. The van der Waals surface area contributed by atoms with E-state index in [0.717, 1.165) is 40.0 Å². The van der Waals surface area contributed by atoms with Crippen LogP contribution in [0.2, 0.25) is 0 Å². The molecule has 0 saturated carbocycles. The van der Waals surface area contributed by atoms with Gasteiger partial charge in [0.15, 0.2) is 0 Å². The summed E-state index contributed by atoms with van der Waals surface area (Å²) in [5.74, 6) is -0.324. The number of carbonyl (C=O) groups is 1. The zero-order valence-corrected chi connectivity index (χ0v) is 18.2. The van der Waals surface area contributed by atoms with Crippen LogP contribution in [0.5, 0.6) is 0 Å². The maximum atomic E-state index is 14.0. The first-order valence-electron chi connectivity index (χ1n) is 9.66. The number of amides is 1. The third-order valence-corrected chi connectivity index (χ3v) is 5.84. The Morgan fingerprint density at radius 2 is 1.86 bits per heavy atom. The molecule has 0 aromatic heterocycles. The first-order chi connectivity index (χ1) is 13.9. The highest BCUT2D eigenvalue weighted by molar-refractivity contribution is 7.98. The Hall–Kier alpha value is -2.37. The number of carbonyl (C=O) groups excluding carboxylic acids is 1. The van der Waals surface area contributed by atoms with Gasteiger partial charge in [-0.3, -0.25) is 4.79 Å². The monoisotopic (exact) mass is 410 g/mol. The molecule has 0 fully saturated rings. The summed E-state index contributed by atoms with van der Waals surface area (Å²) in [6.45, 7) is 3.40. The molecule has 2 aromatic rings. The molecule has 3 nitrogen and oxygen atoms in total. The molecule has 0 radical (unpaired) electrons. The Morgan fingerprint density at radius 1 is 1.14 bits per heavy atom. The number of allylic oxidation sites excluding steroid dienone is 2. The van der Waals surface area contributed by atoms with E-state index in [1.807, 2.05) is 32.0 Å². The second kappa shape index (κ2) is 9.42. The van der Waals surface area contributed by atoms with Crippen molar-refractivity contribution >= 4 is 34.9 Å². The van der Waals surface area contributed by atoms with E-state index in [0.29, 0.717) is 6.54 Å². The number of benzene rings is 2. The lowest BCUT2D eigenvalue weighted by atomic mass is 10.0. The van der Waals surface area contributed by atoms with E-state index in [-0.39, 0.29) is 18.1 Å². The Balaban J connectivity index is 1.91. The summed E-state index contributed by atoms with van der Waals surface area (Å²) in [6, 6.07) is 13.2. The van der Waals surface area contributed by atoms with E-state index in [9.17, 15) is 9.18 Å². The Labute approximate surface area is 176 Å². The molecule has 0 spiro atoms. The fraction of sp³-hybridized carbons (Fsp3) is 0.292. The summed E-state index contributed by atoms with van der Waals surface area (Å²) in [7, 11) is 3.94. The van der Waals surface area contributed by atoms with Crippen LogP contribution in [0.4, 0.5) is 4.39 Å². The van der Waals surface area contributed by atoms with Gasteiger partial charge < -0.3 is 10.2 Å². The Morgan fingerprint density at radius 3 is 2.52 bits per heavy atom. The van der Waals surface area contributed by atoms with Crippen molar-refractivity contribution in [2.24, 2.45) is 0 Å². The Bertz CT molecular complexity index is 961. The predicted molar refractivity (Wildman–Crippen MR) is 121 cm³/mol. The van der Waals surface area contributed by atoms with Crippen LogP contribution in [-0.2, 0) is 4.79 Å². The second-order valence-electron chi connectivity index (χ2n) is 7.45. The van der Waals surface area contributed by atoms with Gasteiger partial charge in [-0.2, -0.15) is 0 Å².